The highest BCUT2D eigenvalue weighted by Gasteiger charge is 2.12. The fraction of sp³-hybridized carbons (Fsp3) is 0.200. The molecule has 2 aromatic heterocycles. The van der Waals surface area contributed by atoms with Gasteiger partial charge in [0.25, 0.3) is 5.78 Å². The van der Waals surface area contributed by atoms with Gasteiger partial charge in [0.1, 0.15) is 0 Å². The number of amides is 1. The lowest BCUT2D eigenvalue weighted by Gasteiger charge is -2.03. The Kier molecular flexibility index (Phi) is 3.89. The number of halogens is 1. The monoisotopic (exact) mass is 359 g/mol. The molecule has 0 aliphatic rings. The van der Waals surface area contributed by atoms with Crippen molar-refractivity contribution in [2.45, 2.75) is 20.3 Å². The van der Waals surface area contributed by atoms with Crippen molar-refractivity contribution in [1.82, 2.24) is 19.6 Å². The molecule has 3 rings (SSSR count). The average molecular weight is 360 g/mol. The maximum atomic E-state index is 12.1. The maximum Gasteiger partial charge on any atom is 0.252 e. The molecule has 0 bridgehead atoms. The first kappa shape index (κ1) is 14.6. The molecule has 0 aliphatic carbocycles. The van der Waals surface area contributed by atoms with Crippen LogP contribution >= 0.6 is 15.9 Å². The molecule has 0 fully saturated rings. The average Bonchev–Trinajstić information content (AvgIpc) is 2.84. The Balaban J connectivity index is 1.76. The molecule has 112 valence electrons. The highest BCUT2D eigenvalue weighted by molar-refractivity contribution is 9.10. The van der Waals surface area contributed by atoms with Gasteiger partial charge in [0, 0.05) is 21.5 Å². The molecule has 1 N–H and O–H groups in total. The number of benzene rings is 1. The third-order valence-electron chi connectivity index (χ3n) is 3.11. The summed E-state index contributed by atoms with van der Waals surface area (Å²) in [6, 6.07) is 9.32. The zero-order chi connectivity index (χ0) is 15.7. The Morgan fingerprint density at radius 1 is 1.23 bits per heavy atom. The molecule has 22 heavy (non-hydrogen) atoms. The zero-order valence-electron chi connectivity index (χ0n) is 12.2. The molecule has 3 aromatic rings. The summed E-state index contributed by atoms with van der Waals surface area (Å²) >= 11 is 3.36. The van der Waals surface area contributed by atoms with E-state index in [-0.39, 0.29) is 12.3 Å². The Hall–Kier alpha value is -2.28. The van der Waals surface area contributed by atoms with E-state index in [0.29, 0.717) is 11.6 Å². The van der Waals surface area contributed by atoms with Gasteiger partial charge in [-0.2, -0.15) is 4.98 Å². The van der Waals surface area contributed by atoms with E-state index in [1.807, 2.05) is 44.2 Å². The second-order valence-corrected chi connectivity index (χ2v) is 5.93. The number of aryl methyl sites for hydroxylation is 2. The van der Waals surface area contributed by atoms with Crippen LogP contribution in [0.5, 0.6) is 0 Å². The van der Waals surface area contributed by atoms with Crippen molar-refractivity contribution in [3.63, 3.8) is 0 Å². The smallest absolute Gasteiger partial charge is 0.252 e. The number of fused-ring (bicyclic) bond motifs is 1. The highest BCUT2D eigenvalue weighted by Crippen LogP contribution is 2.14. The molecule has 1 amide bonds. The van der Waals surface area contributed by atoms with Crippen molar-refractivity contribution in [3.8, 4) is 0 Å². The lowest BCUT2D eigenvalue weighted by molar-refractivity contribution is -0.115. The summed E-state index contributed by atoms with van der Waals surface area (Å²) in [7, 11) is 0. The first-order chi connectivity index (χ1) is 10.5. The summed E-state index contributed by atoms with van der Waals surface area (Å²) in [5.41, 5.74) is 2.56. The lowest BCUT2D eigenvalue weighted by atomic mass is 10.3. The Morgan fingerprint density at radius 2 is 1.95 bits per heavy atom. The van der Waals surface area contributed by atoms with Gasteiger partial charge in [-0.3, -0.25) is 4.79 Å². The Bertz CT molecular complexity index is 841. The van der Waals surface area contributed by atoms with E-state index in [2.05, 4.69) is 36.3 Å². The zero-order valence-corrected chi connectivity index (χ0v) is 13.8. The van der Waals surface area contributed by atoms with Gasteiger partial charge in [0.15, 0.2) is 5.82 Å². The summed E-state index contributed by atoms with van der Waals surface area (Å²) in [5, 5.41) is 7.14. The minimum Gasteiger partial charge on any atom is -0.326 e. The molecule has 7 heteroatoms. The van der Waals surface area contributed by atoms with Crippen LogP contribution in [0, 0.1) is 13.8 Å². The predicted octanol–water partition coefficient (Wildman–Crippen LogP) is 2.68. The van der Waals surface area contributed by atoms with Crippen LogP contribution in [0.15, 0.2) is 34.8 Å². The van der Waals surface area contributed by atoms with E-state index in [1.165, 1.54) is 0 Å². The van der Waals surface area contributed by atoms with Gasteiger partial charge >= 0.3 is 0 Å². The van der Waals surface area contributed by atoms with Crippen LogP contribution in [-0.4, -0.2) is 25.5 Å². The van der Waals surface area contributed by atoms with Gasteiger partial charge in [-0.05, 0) is 44.2 Å². The van der Waals surface area contributed by atoms with E-state index in [9.17, 15) is 4.79 Å². The van der Waals surface area contributed by atoms with Crippen molar-refractivity contribution in [3.05, 3.63) is 52.0 Å². The number of nitrogens with zero attached hydrogens (tertiary/aromatic N) is 4. The summed E-state index contributed by atoms with van der Waals surface area (Å²) < 4.78 is 2.61. The van der Waals surface area contributed by atoms with Crippen LogP contribution in [0.25, 0.3) is 5.78 Å². The molecule has 1 aromatic carbocycles. The van der Waals surface area contributed by atoms with Crippen LogP contribution in [-0.2, 0) is 11.2 Å². The van der Waals surface area contributed by atoms with Crippen LogP contribution in [0.3, 0.4) is 0 Å². The second kappa shape index (κ2) is 5.84. The predicted molar refractivity (Wildman–Crippen MR) is 86.7 cm³/mol. The summed E-state index contributed by atoms with van der Waals surface area (Å²) in [6.45, 7) is 3.84. The van der Waals surface area contributed by atoms with Gasteiger partial charge < -0.3 is 5.32 Å². The maximum absolute atomic E-state index is 12.1. The number of nitrogens with one attached hydrogen (secondary N) is 1. The SMILES string of the molecule is Cc1cc(C)n2nc(CC(=O)Nc3ccc(Br)cc3)nc2n1. The molecule has 0 aliphatic heterocycles. The molecule has 2 heterocycles. The molecule has 0 saturated carbocycles. The lowest BCUT2D eigenvalue weighted by Crippen LogP contribution is -2.15. The van der Waals surface area contributed by atoms with Crippen LogP contribution < -0.4 is 5.32 Å². The van der Waals surface area contributed by atoms with Crippen LogP contribution in [0.1, 0.15) is 17.2 Å². The number of hydrogen-bond acceptors (Lipinski definition) is 4. The summed E-state index contributed by atoms with van der Waals surface area (Å²) in [4.78, 5) is 20.7. The van der Waals surface area contributed by atoms with E-state index in [1.54, 1.807) is 4.52 Å². The topological polar surface area (TPSA) is 72.2 Å². The van der Waals surface area contributed by atoms with Crippen molar-refractivity contribution >= 4 is 33.3 Å². The first-order valence-corrected chi connectivity index (χ1v) is 7.56. The van der Waals surface area contributed by atoms with Crippen molar-refractivity contribution < 1.29 is 4.79 Å². The van der Waals surface area contributed by atoms with E-state index in [0.717, 1.165) is 21.5 Å². The van der Waals surface area contributed by atoms with Crippen LogP contribution in [0.4, 0.5) is 5.69 Å². The number of aromatic nitrogens is 4. The molecule has 0 spiro atoms. The van der Waals surface area contributed by atoms with Gasteiger partial charge in [-0.25, -0.2) is 9.50 Å². The molecule has 0 radical (unpaired) electrons. The quantitative estimate of drug-likeness (QED) is 0.780. The third-order valence-corrected chi connectivity index (χ3v) is 3.64. The Labute approximate surface area is 135 Å². The number of carbonyl (C=O) groups is 1. The minimum atomic E-state index is -0.160. The third kappa shape index (κ3) is 3.14. The minimum absolute atomic E-state index is 0.109. The van der Waals surface area contributed by atoms with Gasteiger partial charge in [-0.1, -0.05) is 15.9 Å². The number of anilines is 1. The van der Waals surface area contributed by atoms with Gasteiger partial charge in [-0.15, -0.1) is 5.10 Å². The molecular formula is C15H14BrN5O. The van der Waals surface area contributed by atoms with E-state index in [4.69, 9.17) is 0 Å². The fourth-order valence-electron chi connectivity index (χ4n) is 2.16. The number of hydrogen-bond donors (Lipinski definition) is 1. The van der Waals surface area contributed by atoms with Crippen molar-refractivity contribution in [2.75, 3.05) is 5.32 Å². The summed E-state index contributed by atoms with van der Waals surface area (Å²) in [6.07, 6.45) is 0.109. The fourth-order valence-corrected chi connectivity index (χ4v) is 2.43. The van der Waals surface area contributed by atoms with Crippen molar-refractivity contribution in [1.29, 1.82) is 0 Å². The second-order valence-electron chi connectivity index (χ2n) is 5.01. The normalized spacial score (nSPS) is 10.9. The Morgan fingerprint density at radius 3 is 2.68 bits per heavy atom. The first-order valence-electron chi connectivity index (χ1n) is 6.76. The number of rotatable bonds is 3. The van der Waals surface area contributed by atoms with Crippen LogP contribution in [0.2, 0.25) is 0 Å². The molecular weight excluding hydrogens is 346 g/mol. The van der Waals surface area contributed by atoms with E-state index >= 15 is 0 Å². The standard InChI is InChI=1S/C15H14BrN5O/c1-9-7-10(2)21-15(17-9)19-13(20-21)8-14(22)18-12-5-3-11(16)4-6-12/h3-7H,8H2,1-2H3,(H,18,22). The van der Waals surface area contributed by atoms with Gasteiger partial charge in [0.05, 0.1) is 6.42 Å². The molecule has 6 nitrogen and oxygen atoms in total. The van der Waals surface area contributed by atoms with Crippen molar-refractivity contribution in [2.24, 2.45) is 0 Å². The largest absolute Gasteiger partial charge is 0.326 e. The highest BCUT2D eigenvalue weighted by atomic mass is 79.9. The molecule has 0 saturated heterocycles. The number of carbonyl (C=O) groups excluding carboxylic acids is 1. The molecule has 0 atom stereocenters. The van der Waals surface area contributed by atoms with Gasteiger partial charge in [0.2, 0.25) is 5.91 Å². The van der Waals surface area contributed by atoms with E-state index < -0.39 is 0 Å². The molecule has 0 unspecified atom stereocenters. The summed E-state index contributed by atoms with van der Waals surface area (Å²) in [5.74, 6) is 0.812.